The van der Waals surface area contributed by atoms with Crippen molar-refractivity contribution in [2.24, 2.45) is 5.92 Å². The summed E-state index contributed by atoms with van der Waals surface area (Å²) in [5.41, 5.74) is 1.05. The van der Waals surface area contributed by atoms with Crippen LogP contribution in [-0.4, -0.2) is 33.8 Å². The molecule has 1 N–H and O–H groups in total. The van der Waals surface area contributed by atoms with Crippen molar-refractivity contribution in [3.05, 3.63) is 59.4 Å². The van der Waals surface area contributed by atoms with Crippen LogP contribution in [0.4, 0.5) is 5.13 Å². The van der Waals surface area contributed by atoms with Gasteiger partial charge in [0.1, 0.15) is 0 Å². The van der Waals surface area contributed by atoms with Crippen LogP contribution in [0.3, 0.4) is 0 Å². The number of amides is 1. The molecule has 1 amide bonds. The summed E-state index contributed by atoms with van der Waals surface area (Å²) in [4.78, 5) is 14.7. The van der Waals surface area contributed by atoms with E-state index in [2.05, 4.69) is 20.4 Å². The first-order valence-corrected chi connectivity index (χ1v) is 10.1. The van der Waals surface area contributed by atoms with Gasteiger partial charge in [0.25, 0.3) is 0 Å². The zero-order chi connectivity index (χ0) is 18.6. The van der Waals surface area contributed by atoms with E-state index >= 15 is 0 Å². The van der Waals surface area contributed by atoms with E-state index in [0.29, 0.717) is 11.6 Å². The van der Waals surface area contributed by atoms with Crippen LogP contribution in [0.25, 0.3) is 5.13 Å². The third-order valence-electron chi connectivity index (χ3n) is 4.75. The van der Waals surface area contributed by atoms with Crippen molar-refractivity contribution in [3.63, 3.8) is 0 Å². The van der Waals surface area contributed by atoms with Crippen molar-refractivity contribution in [2.45, 2.75) is 19.4 Å². The maximum absolute atomic E-state index is 12.5. The Balaban J connectivity index is 1.28. The maximum Gasteiger partial charge on any atom is 0.223 e. The normalized spacial score (nSPS) is 15.1. The molecule has 4 rings (SSSR count). The van der Waals surface area contributed by atoms with Crippen LogP contribution in [0.2, 0.25) is 5.02 Å². The summed E-state index contributed by atoms with van der Waals surface area (Å²) < 4.78 is 1.96. The molecule has 8 heteroatoms. The molecular weight excluding hydrogens is 382 g/mol. The average Bonchev–Trinajstić information content (AvgIpc) is 3.39. The van der Waals surface area contributed by atoms with Gasteiger partial charge in [0.2, 0.25) is 16.2 Å². The highest BCUT2D eigenvalue weighted by Gasteiger charge is 2.26. The molecule has 1 aliphatic heterocycles. The summed E-state index contributed by atoms with van der Waals surface area (Å²) in [6.07, 6.45) is 5.57. The van der Waals surface area contributed by atoms with Crippen LogP contribution < -0.4 is 10.2 Å². The van der Waals surface area contributed by atoms with E-state index in [0.717, 1.165) is 41.8 Å². The van der Waals surface area contributed by atoms with E-state index in [1.54, 1.807) is 11.3 Å². The van der Waals surface area contributed by atoms with Crippen LogP contribution in [0.15, 0.2) is 48.8 Å². The second-order valence-corrected chi connectivity index (χ2v) is 7.93. The predicted molar refractivity (Wildman–Crippen MR) is 107 cm³/mol. The van der Waals surface area contributed by atoms with Crippen molar-refractivity contribution in [1.29, 1.82) is 0 Å². The van der Waals surface area contributed by atoms with Gasteiger partial charge in [-0.3, -0.25) is 9.36 Å². The lowest BCUT2D eigenvalue weighted by Gasteiger charge is -2.30. The lowest BCUT2D eigenvalue weighted by molar-refractivity contribution is -0.125. The fourth-order valence-electron chi connectivity index (χ4n) is 3.17. The number of benzene rings is 1. The highest BCUT2D eigenvalue weighted by Crippen LogP contribution is 2.27. The van der Waals surface area contributed by atoms with Crippen molar-refractivity contribution in [1.82, 2.24) is 20.1 Å². The average molecular weight is 402 g/mol. The second kappa shape index (κ2) is 8.10. The smallest absolute Gasteiger partial charge is 0.223 e. The van der Waals surface area contributed by atoms with Crippen LogP contribution in [-0.2, 0) is 11.3 Å². The molecule has 1 aromatic carbocycles. The van der Waals surface area contributed by atoms with Crippen LogP contribution >= 0.6 is 22.9 Å². The van der Waals surface area contributed by atoms with Crippen molar-refractivity contribution in [3.8, 4) is 5.13 Å². The van der Waals surface area contributed by atoms with Gasteiger partial charge in [-0.1, -0.05) is 35.1 Å². The molecule has 1 fully saturated rings. The Bertz CT molecular complexity index is 885. The summed E-state index contributed by atoms with van der Waals surface area (Å²) in [6, 6.07) is 11.5. The first-order valence-electron chi connectivity index (χ1n) is 8.93. The third kappa shape index (κ3) is 4.31. The maximum atomic E-state index is 12.5. The van der Waals surface area contributed by atoms with E-state index in [9.17, 15) is 4.79 Å². The molecule has 140 valence electrons. The third-order valence-corrected chi connectivity index (χ3v) is 5.99. The van der Waals surface area contributed by atoms with Gasteiger partial charge in [-0.25, -0.2) is 0 Å². The van der Waals surface area contributed by atoms with E-state index in [4.69, 9.17) is 11.6 Å². The van der Waals surface area contributed by atoms with Crippen molar-refractivity contribution in [2.75, 3.05) is 18.0 Å². The molecule has 6 nitrogen and oxygen atoms in total. The lowest BCUT2D eigenvalue weighted by atomic mass is 9.96. The minimum absolute atomic E-state index is 0.0467. The topological polar surface area (TPSA) is 63.1 Å². The molecule has 0 unspecified atom stereocenters. The van der Waals surface area contributed by atoms with E-state index < -0.39 is 0 Å². The van der Waals surface area contributed by atoms with Gasteiger partial charge in [-0.05, 0) is 42.7 Å². The minimum Gasteiger partial charge on any atom is -0.352 e. The van der Waals surface area contributed by atoms with E-state index in [-0.39, 0.29) is 11.8 Å². The Morgan fingerprint density at radius 2 is 1.78 bits per heavy atom. The van der Waals surface area contributed by atoms with E-state index in [1.807, 2.05) is 53.4 Å². The highest BCUT2D eigenvalue weighted by molar-refractivity contribution is 7.17. The molecule has 1 aliphatic rings. The van der Waals surface area contributed by atoms with E-state index in [1.165, 1.54) is 0 Å². The Kier molecular flexibility index (Phi) is 5.40. The molecule has 0 bridgehead atoms. The van der Waals surface area contributed by atoms with Crippen molar-refractivity contribution >= 4 is 34.0 Å². The summed E-state index contributed by atoms with van der Waals surface area (Å²) in [7, 11) is 0. The van der Waals surface area contributed by atoms with Crippen LogP contribution in [0.1, 0.15) is 18.4 Å². The molecule has 2 aromatic heterocycles. The van der Waals surface area contributed by atoms with Gasteiger partial charge in [0.15, 0.2) is 0 Å². The Morgan fingerprint density at radius 1 is 1.11 bits per heavy atom. The number of aromatic nitrogens is 3. The van der Waals surface area contributed by atoms with Gasteiger partial charge < -0.3 is 10.2 Å². The van der Waals surface area contributed by atoms with Gasteiger partial charge in [-0.2, -0.15) is 0 Å². The first-order chi connectivity index (χ1) is 13.2. The standard InChI is InChI=1S/C19H20ClN5OS/c20-16-5-3-14(4-6-16)13-21-17(26)15-7-11-25(12-8-15)19-23-22-18(27-19)24-9-1-2-10-24/h1-6,9-10,15H,7-8,11-13H2,(H,21,26). The fourth-order valence-corrected chi connectivity index (χ4v) is 4.16. The van der Waals surface area contributed by atoms with Crippen LogP contribution in [0.5, 0.6) is 0 Å². The van der Waals surface area contributed by atoms with Gasteiger partial charge in [0.05, 0.1) is 0 Å². The minimum atomic E-state index is 0.0467. The predicted octanol–water partition coefficient (Wildman–Crippen LogP) is 3.52. The highest BCUT2D eigenvalue weighted by atomic mass is 35.5. The monoisotopic (exact) mass is 401 g/mol. The summed E-state index contributed by atoms with van der Waals surface area (Å²) in [5, 5.41) is 14.1. The number of hydrogen-bond acceptors (Lipinski definition) is 5. The Hall–Kier alpha value is -2.38. The van der Waals surface area contributed by atoms with Gasteiger partial charge in [0, 0.05) is 43.0 Å². The fraction of sp³-hybridized carbons (Fsp3) is 0.316. The SMILES string of the molecule is O=C(NCc1ccc(Cl)cc1)C1CCN(c2nnc(-n3cccc3)s2)CC1. The van der Waals surface area contributed by atoms with Crippen molar-refractivity contribution < 1.29 is 4.79 Å². The second-order valence-electron chi connectivity index (χ2n) is 6.56. The molecule has 1 saturated heterocycles. The quantitative estimate of drug-likeness (QED) is 0.710. The zero-order valence-corrected chi connectivity index (χ0v) is 16.3. The lowest BCUT2D eigenvalue weighted by Crippen LogP contribution is -2.40. The number of carbonyl (C=O) groups is 1. The molecule has 0 atom stereocenters. The largest absolute Gasteiger partial charge is 0.352 e. The number of carbonyl (C=O) groups excluding carboxylic acids is 1. The van der Waals surface area contributed by atoms with Gasteiger partial charge in [-0.15, -0.1) is 10.2 Å². The molecular formula is C19H20ClN5OS. The number of nitrogens with zero attached hydrogens (tertiary/aromatic N) is 4. The number of anilines is 1. The Morgan fingerprint density at radius 3 is 2.48 bits per heavy atom. The number of hydrogen-bond donors (Lipinski definition) is 1. The summed E-state index contributed by atoms with van der Waals surface area (Å²) >= 11 is 7.46. The summed E-state index contributed by atoms with van der Waals surface area (Å²) in [6.45, 7) is 2.17. The number of rotatable bonds is 5. The molecule has 0 saturated carbocycles. The van der Waals surface area contributed by atoms with Gasteiger partial charge >= 0.3 is 0 Å². The zero-order valence-electron chi connectivity index (χ0n) is 14.7. The number of halogens is 1. The first kappa shape index (κ1) is 18.0. The Labute approximate surface area is 166 Å². The molecule has 3 heterocycles. The van der Waals surface area contributed by atoms with Crippen LogP contribution in [0, 0.1) is 5.92 Å². The molecule has 0 radical (unpaired) electrons. The summed E-state index contributed by atoms with van der Waals surface area (Å²) in [5.74, 6) is 0.167. The molecule has 0 aliphatic carbocycles. The number of nitrogens with one attached hydrogen (secondary N) is 1. The number of piperidine rings is 1. The molecule has 0 spiro atoms. The molecule has 3 aromatic rings. The molecule has 27 heavy (non-hydrogen) atoms.